The van der Waals surface area contributed by atoms with E-state index in [1.807, 2.05) is 6.92 Å². The lowest BCUT2D eigenvalue weighted by Gasteiger charge is -2.34. The van der Waals surface area contributed by atoms with Crippen LogP contribution < -0.4 is 5.32 Å². The number of rotatable bonds is 5. The van der Waals surface area contributed by atoms with Gasteiger partial charge in [-0.25, -0.2) is 8.42 Å². The van der Waals surface area contributed by atoms with Gasteiger partial charge >= 0.3 is 0 Å². The summed E-state index contributed by atoms with van der Waals surface area (Å²) in [6.07, 6.45) is 3.69. The van der Waals surface area contributed by atoms with E-state index < -0.39 is 10.0 Å². The Kier molecular flexibility index (Phi) is 5.48. The minimum absolute atomic E-state index is 0.0651. The van der Waals surface area contributed by atoms with Crippen LogP contribution in [0.25, 0.3) is 0 Å². The lowest BCUT2D eigenvalue weighted by Crippen LogP contribution is -2.43. The third-order valence-corrected chi connectivity index (χ3v) is 6.69. The summed E-state index contributed by atoms with van der Waals surface area (Å²) in [5, 5.41) is 2.71. The zero-order valence-electron chi connectivity index (χ0n) is 15.1. The van der Waals surface area contributed by atoms with Crippen molar-refractivity contribution >= 4 is 21.6 Å². The third kappa shape index (κ3) is 3.83. The number of aryl methyl sites for hydroxylation is 1. The molecule has 26 heavy (non-hydrogen) atoms. The van der Waals surface area contributed by atoms with Crippen LogP contribution in [0.2, 0.25) is 0 Å². The summed E-state index contributed by atoms with van der Waals surface area (Å²) in [5.41, 5.74) is 0.522. The van der Waals surface area contributed by atoms with Gasteiger partial charge in [-0.05, 0) is 62.6 Å². The zero-order valence-corrected chi connectivity index (χ0v) is 15.9. The molecule has 2 aromatic rings. The monoisotopic (exact) mass is 376 g/mol. The average molecular weight is 376 g/mol. The Morgan fingerprint density at radius 2 is 1.92 bits per heavy atom. The van der Waals surface area contributed by atoms with Gasteiger partial charge in [0.25, 0.3) is 5.91 Å². The number of piperidine rings is 1. The summed E-state index contributed by atoms with van der Waals surface area (Å²) in [6, 6.07) is 9.67. The van der Waals surface area contributed by atoms with Gasteiger partial charge in [-0.2, -0.15) is 4.31 Å². The zero-order chi connectivity index (χ0) is 18.7. The minimum Gasteiger partial charge on any atom is -0.456 e. The van der Waals surface area contributed by atoms with Gasteiger partial charge in [0, 0.05) is 18.3 Å². The third-order valence-electron chi connectivity index (χ3n) is 4.73. The van der Waals surface area contributed by atoms with Crippen LogP contribution in [0.15, 0.2) is 45.7 Å². The van der Waals surface area contributed by atoms with Gasteiger partial charge in [0.05, 0.1) is 4.90 Å². The summed E-state index contributed by atoms with van der Waals surface area (Å²) < 4.78 is 32.8. The van der Waals surface area contributed by atoms with E-state index in [0.29, 0.717) is 18.0 Å². The van der Waals surface area contributed by atoms with Crippen LogP contribution >= 0.6 is 0 Å². The van der Waals surface area contributed by atoms with Crippen LogP contribution in [-0.4, -0.2) is 31.2 Å². The second kappa shape index (κ2) is 7.63. The molecule has 1 atom stereocenters. The SMILES string of the molecule is CC[C@@H]1CCCCN1S(=O)(=O)c1ccc(NC(=O)c2ccc(C)o2)cc1. The molecule has 1 aromatic heterocycles. The topological polar surface area (TPSA) is 79.6 Å². The minimum atomic E-state index is -3.52. The van der Waals surface area contributed by atoms with Crippen molar-refractivity contribution in [2.45, 2.75) is 50.5 Å². The van der Waals surface area contributed by atoms with E-state index in [0.717, 1.165) is 25.7 Å². The molecule has 7 heteroatoms. The maximum Gasteiger partial charge on any atom is 0.291 e. The molecular formula is C19H24N2O4S. The molecule has 0 radical (unpaired) electrons. The molecule has 1 amide bonds. The molecule has 1 aliphatic rings. The fourth-order valence-corrected chi connectivity index (χ4v) is 5.06. The molecular weight excluding hydrogens is 352 g/mol. The number of nitrogens with zero attached hydrogens (tertiary/aromatic N) is 1. The molecule has 6 nitrogen and oxygen atoms in total. The molecule has 0 aliphatic carbocycles. The number of benzene rings is 1. The van der Waals surface area contributed by atoms with E-state index >= 15 is 0 Å². The number of amides is 1. The number of sulfonamides is 1. The number of hydrogen-bond donors (Lipinski definition) is 1. The van der Waals surface area contributed by atoms with Crippen LogP contribution in [0.5, 0.6) is 0 Å². The fraction of sp³-hybridized carbons (Fsp3) is 0.421. The van der Waals surface area contributed by atoms with E-state index in [9.17, 15) is 13.2 Å². The largest absolute Gasteiger partial charge is 0.456 e. The van der Waals surface area contributed by atoms with Crippen molar-refractivity contribution in [3.05, 3.63) is 47.9 Å². The highest BCUT2D eigenvalue weighted by Gasteiger charge is 2.32. The molecule has 1 aromatic carbocycles. The molecule has 1 N–H and O–H groups in total. The van der Waals surface area contributed by atoms with E-state index in [-0.39, 0.29) is 22.6 Å². The number of nitrogens with one attached hydrogen (secondary N) is 1. The van der Waals surface area contributed by atoms with Gasteiger partial charge in [-0.15, -0.1) is 0 Å². The van der Waals surface area contributed by atoms with Crippen molar-refractivity contribution in [3.8, 4) is 0 Å². The van der Waals surface area contributed by atoms with Crippen LogP contribution in [0.4, 0.5) is 5.69 Å². The number of carbonyl (C=O) groups excluding carboxylic acids is 1. The van der Waals surface area contributed by atoms with Crippen molar-refractivity contribution in [2.24, 2.45) is 0 Å². The first-order valence-electron chi connectivity index (χ1n) is 8.91. The molecule has 0 saturated carbocycles. The molecule has 0 unspecified atom stereocenters. The molecule has 1 aliphatic heterocycles. The molecule has 1 fully saturated rings. The van der Waals surface area contributed by atoms with Crippen molar-refractivity contribution in [1.82, 2.24) is 4.31 Å². The Labute approximate surface area is 154 Å². The average Bonchev–Trinajstić information content (AvgIpc) is 3.08. The molecule has 3 rings (SSSR count). The first-order chi connectivity index (χ1) is 12.4. The maximum atomic E-state index is 12.9. The highest BCUT2D eigenvalue weighted by molar-refractivity contribution is 7.89. The molecule has 140 valence electrons. The Balaban J connectivity index is 1.75. The number of furan rings is 1. The summed E-state index contributed by atoms with van der Waals surface area (Å²) in [4.78, 5) is 12.4. The summed E-state index contributed by atoms with van der Waals surface area (Å²) in [5.74, 6) is 0.512. The molecule has 1 saturated heterocycles. The van der Waals surface area contributed by atoms with Crippen molar-refractivity contribution in [3.63, 3.8) is 0 Å². The second-order valence-electron chi connectivity index (χ2n) is 6.56. The second-order valence-corrected chi connectivity index (χ2v) is 8.45. The molecule has 0 spiro atoms. The van der Waals surface area contributed by atoms with Gasteiger partial charge in [-0.1, -0.05) is 13.3 Å². The van der Waals surface area contributed by atoms with Crippen molar-refractivity contribution in [2.75, 3.05) is 11.9 Å². The molecule has 2 heterocycles. The van der Waals surface area contributed by atoms with Gasteiger partial charge < -0.3 is 9.73 Å². The lowest BCUT2D eigenvalue weighted by atomic mass is 10.0. The van der Waals surface area contributed by atoms with Gasteiger partial charge in [0.1, 0.15) is 5.76 Å². The summed E-state index contributed by atoms with van der Waals surface area (Å²) in [6.45, 7) is 4.35. The first-order valence-corrected chi connectivity index (χ1v) is 10.4. The highest BCUT2D eigenvalue weighted by atomic mass is 32.2. The van der Waals surface area contributed by atoms with Crippen LogP contribution in [0.1, 0.15) is 48.9 Å². The summed E-state index contributed by atoms with van der Waals surface area (Å²) >= 11 is 0. The number of carbonyl (C=O) groups is 1. The smallest absolute Gasteiger partial charge is 0.291 e. The quantitative estimate of drug-likeness (QED) is 0.861. The Bertz CT molecular complexity index is 871. The Morgan fingerprint density at radius 3 is 2.54 bits per heavy atom. The lowest BCUT2D eigenvalue weighted by molar-refractivity contribution is 0.0995. The van der Waals surface area contributed by atoms with Crippen LogP contribution in [-0.2, 0) is 10.0 Å². The molecule has 0 bridgehead atoms. The van der Waals surface area contributed by atoms with E-state index in [2.05, 4.69) is 5.32 Å². The van der Waals surface area contributed by atoms with E-state index in [1.165, 1.54) is 0 Å². The Morgan fingerprint density at radius 1 is 1.19 bits per heavy atom. The van der Waals surface area contributed by atoms with Gasteiger partial charge in [0.15, 0.2) is 5.76 Å². The van der Waals surface area contributed by atoms with Crippen molar-refractivity contribution in [1.29, 1.82) is 0 Å². The summed E-state index contributed by atoms with van der Waals surface area (Å²) in [7, 11) is -3.52. The highest BCUT2D eigenvalue weighted by Crippen LogP contribution is 2.27. The maximum absolute atomic E-state index is 12.9. The predicted octanol–water partition coefficient (Wildman–Crippen LogP) is 3.79. The standard InChI is InChI=1S/C19H24N2O4S/c1-3-16-6-4-5-13-21(16)26(23,24)17-10-8-15(9-11-17)20-19(22)18-12-7-14(2)25-18/h7-12,16H,3-6,13H2,1-2H3,(H,20,22)/t16-/m1/s1. The fourth-order valence-electron chi connectivity index (χ4n) is 3.29. The van der Waals surface area contributed by atoms with E-state index in [4.69, 9.17) is 4.42 Å². The normalized spacial score (nSPS) is 18.6. The number of anilines is 1. The van der Waals surface area contributed by atoms with Gasteiger partial charge in [0.2, 0.25) is 10.0 Å². The number of hydrogen-bond acceptors (Lipinski definition) is 4. The van der Waals surface area contributed by atoms with Crippen molar-refractivity contribution < 1.29 is 17.6 Å². The van der Waals surface area contributed by atoms with Crippen LogP contribution in [0.3, 0.4) is 0 Å². The first kappa shape index (κ1) is 18.7. The van der Waals surface area contributed by atoms with Gasteiger partial charge in [-0.3, -0.25) is 4.79 Å². The van der Waals surface area contributed by atoms with Crippen LogP contribution in [0, 0.1) is 6.92 Å². The van der Waals surface area contributed by atoms with E-state index in [1.54, 1.807) is 47.6 Å². The Hall–Kier alpha value is -2.12. The predicted molar refractivity (Wildman–Crippen MR) is 99.7 cm³/mol.